The molecule has 1 unspecified atom stereocenters. The third-order valence-corrected chi connectivity index (χ3v) is 5.11. The topological polar surface area (TPSA) is 96.9 Å². The molecular formula is C19H34N2O5. The predicted octanol–water partition coefficient (Wildman–Crippen LogP) is 1.48. The van der Waals surface area contributed by atoms with Crippen molar-refractivity contribution < 1.29 is 24.2 Å². The van der Waals surface area contributed by atoms with Gasteiger partial charge in [0.15, 0.2) is 5.79 Å². The van der Waals surface area contributed by atoms with Crippen LogP contribution >= 0.6 is 0 Å². The van der Waals surface area contributed by atoms with Gasteiger partial charge in [0, 0.05) is 18.0 Å². The van der Waals surface area contributed by atoms with Crippen molar-refractivity contribution in [2.24, 2.45) is 5.41 Å². The molecule has 7 nitrogen and oxygen atoms in total. The molecule has 0 aromatic carbocycles. The van der Waals surface area contributed by atoms with Crippen LogP contribution in [0.2, 0.25) is 0 Å². The predicted molar refractivity (Wildman–Crippen MR) is 97.3 cm³/mol. The van der Waals surface area contributed by atoms with Crippen molar-refractivity contribution in [3.8, 4) is 0 Å². The largest absolute Gasteiger partial charge is 0.383 e. The number of rotatable bonds is 6. The first-order valence-electron chi connectivity index (χ1n) is 9.69. The van der Waals surface area contributed by atoms with Crippen molar-refractivity contribution in [2.45, 2.75) is 90.3 Å². The highest BCUT2D eigenvalue weighted by molar-refractivity contribution is 5.82. The highest BCUT2D eigenvalue weighted by Gasteiger charge is 2.45. The van der Waals surface area contributed by atoms with Gasteiger partial charge in [0.25, 0.3) is 0 Å². The van der Waals surface area contributed by atoms with E-state index in [1.165, 1.54) is 6.42 Å². The van der Waals surface area contributed by atoms with Gasteiger partial charge in [-0.1, -0.05) is 33.1 Å². The molecule has 2 rings (SSSR count). The van der Waals surface area contributed by atoms with E-state index in [0.29, 0.717) is 6.61 Å². The van der Waals surface area contributed by atoms with Crippen LogP contribution in [0.3, 0.4) is 0 Å². The molecule has 26 heavy (non-hydrogen) atoms. The first-order chi connectivity index (χ1) is 12.1. The minimum absolute atomic E-state index is 0.166. The first-order valence-corrected chi connectivity index (χ1v) is 9.69. The summed E-state index contributed by atoms with van der Waals surface area (Å²) >= 11 is 0. The van der Waals surface area contributed by atoms with Gasteiger partial charge in [-0.25, -0.2) is 0 Å². The fourth-order valence-corrected chi connectivity index (χ4v) is 3.42. The van der Waals surface area contributed by atoms with E-state index in [-0.39, 0.29) is 30.8 Å². The quantitative estimate of drug-likeness (QED) is 0.658. The van der Waals surface area contributed by atoms with Crippen molar-refractivity contribution in [3.63, 3.8) is 0 Å². The van der Waals surface area contributed by atoms with E-state index in [1.54, 1.807) is 13.8 Å². The lowest BCUT2D eigenvalue weighted by atomic mass is 9.85. The molecule has 0 bridgehead atoms. The van der Waals surface area contributed by atoms with Crippen LogP contribution in [0, 0.1) is 5.41 Å². The van der Waals surface area contributed by atoms with Crippen LogP contribution in [0.25, 0.3) is 0 Å². The molecule has 1 heterocycles. The van der Waals surface area contributed by atoms with Crippen molar-refractivity contribution >= 4 is 11.8 Å². The number of aliphatic hydroxyl groups excluding tert-OH is 1. The Morgan fingerprint density at radius 3 is 2.46 bits per heavy atom. The van der Waals surface area contributed by atoms with E-state index in [9.17, 15) is 14.7 Å². The van der Waals surface area contributed by atoms with E-state index in [1.807, 2.05) is 13.8 Å². The molecule has 3 N–H and O–H groups in total. The standard InChI is InChI=1S/C19H34N2O5/c1-18(2)12-25-19(3,4)26-15(18)17(24)20-11-10-14(22)16(23)21-13-8-6-5-7-9-13/h13-15,22H,5-12H2,1-4H3,(H,20,24)(H,21,23)/t14?,15-/m0/s1. The lowest BCUT2D eigenvalue weighted by Gasteiger charge is -2.44. The number of carbonyl (C=O) groups excluding carboxylic acids is 2. The molecule has 2 atom stereocenters. The van der Waals surface area contributed by atoms with Crippen LogP contribution in [-0.4, -0.2) is 54.1 Å². The number of amides is 2. The molecule has 150 valence electrons. The maximum atomic E-state index is 12.5. The van der Waals surface area contributed by atoms with Crippen molar-refractivity contribution in [3.05, 3.63) is 0 Å². The fourth-order valence-electron chi connectivity index (χ4n) is 3.42. The van der Waals surface area contributed by atoms with Gasteiger partial charge >= 0.3 is 0 Å². The minimum atomic E-state index is -1.11. The highest BCUT2D eigenvalue weighted by Crippen LogP contribution is 2.34. The summed E-state index contributed by atoms with van der Waals surface area (Å²) in [5.41, 5.74) is -0.448. The summed E-state index contributed by atoms with van der Waals surface area (Å²) in [4.78, 5) is 24.6. The smallest absolute Gasteiger partial charge is 0.249 e. The zero-order valence-electron chi connectivity index (χ0n) is 16.5. The second-order valence-corrected chi connectivity index (χ2v) is 8.61. The zero-order valence-corrected chi connectivity index (χ0v) is 16.5. The monoisotopic (exact) mass is 370 g/mol. The van der Waals surface area contributed by atoms with Gasteiger partial charge in [0.05, 0.1) is 6.61 Å². The number of carbonyl (C=O) groups is 2. The lowest BCUT2D eigenvalue weighted by molar-refractivity contribution is -0.304. The molecule has 1 saturated heterocycles. The Bertz CT molecular complexity index is 500. The average molecular weight is 370 g/mol. The summed E-state index contributed by atoms with van der Waals surface area (Å²) in [5.74, 6) is -1.40. The number of hydrogen-bond acceptors (Lipinski definition) is 5. The van der Waals surface area contributed by atoms with Gasteiger partial charge in [0.2, 0.25) is 11.8 Å². The molecule has 0 aromatic heterocycles. The van der Waals surface area contributed by atoms with Gasteiger partial charge in [0.1, 0.15) is 12.2 Å². The Balaban J connectivity index is 1.75. The highest BCUT2D eigenvalue weighted by atomic mass is 16.7. The molecule has 1 aliphatic carbocycles. The molecule has 0 spiro atoms. The summed E-state index contributed by atoms with van der Waals surface area (Å²) in [6, 6.07) is 0.166. The number of nitrogens with one attached hydrogen (secondary N) is 2. The molecule has 1 saturated carbocycles. The van der Waals surface area contributed by atoms with Crippen LogP contribution in [0.5, 0.6) is 0 Å². The average Bonchev–Trinajstić information content (AvgIpc) is 2.58. The van der Waals surface area contributed by atoms with Crippen molar-refractivity contribution in [1.29, 1.82) is 0 Å². The lowest BCUT2D eigenvalue weighted by Crippen LogP contribution is -2.56. The Hall–Kier alpha value is -1.18. The van der Waals surface area contributed by atoms with E-state index in [2.05, 4.69) is 10.6 Å². The molecule has 0 aromatic rings. The summed E-state index contributed by atoms with van der Waals surface area (Å²) in [6.45, 7) is 8.03. The van der Waals surface area contributed by atoms with Gasteiger partial charge in [-0.3, -0.25) is 9.59 Å². The van der Waals surface area contributed by atoms with Crippen molar-refractivity contribution in [1.82, 2.24) is 10.6 Å². The van der Waals surface area contributed by atoms with Gasteiger partial charge in [-0.15, -0.1) is 0 Å². The molecule has 2 aliphatic rings. The molecule has 0 radical (unpaired) electrons. The second-order valence-electron chi connectivity index (χ2n) is 8.61. The fraction of sp³-hybridized carbons (Fsp3) is 0.895. The van der Waals surface area contributed by atoms with Crippen LogP contribution in [-0.2, 0) is 19.1 Å². The Morgan fingerprint density at radius 1 is 1.15 bits per heavy atom. The Morgan fingerprint density at radius 2 is 1.81 bits per heavy atom. The van der Waals surface area contributed by atoms with Crippen LogP contribution in [0.1, 0.15) is 66.2 Å². The van der Waals surface area contributed by atoms with E-state index < -0.39 is 23.4 Å². The molecule has 1 aliphatic heterocycles. The summed E-state index contributed by atoms with van der Waals surface area (Å²) in [7, 11) is 0. The summed E-state index contributed by atoms with van der Waals surface area (Å²) < 4.78 is 11.4. The summed E-state index contributed by atoms with van der Waals surface area (Å²) in [5, 5.41) is 15.7. The third-order valence-electron chi connectivity index (χ3n) is 5.11. The number of ether oxygens (including phenoxy) is 2. The first kappa shape index (κ1) is 21.1. The Kier molecular flexibility index (Phi) is 7.05. The van der Waals surface area contributed by atoms with E-state index in [0.717, 1.165) is 25.7 Å². The SMILES string of the molecule is CC1(C)OCC(C)(C)[C@H](C(=O)NCCC(O)C(=O)NC2CCCCC2)O1. The van der Waals surface area contributed by atoms with Crippen LogP contribution in [0.15, 0.2) is 0 Å². The second kappa shape index (κ2) is 8.67. The number of aliphatic hydroxyl groups is 1. The maximum Gasteiger partial charge on any atom is 0.249 e. The third kappa shape index (κ3) is 5.93. The van der Waals surface area contributed by atoms with E-state index in [4.69, 9.17) is 9.47 Å². The van der Waals surface area contributed by atoms with Gasteiger partial charge in [-0.2, -0.15) is 0 Å². The van der Waals surface area contributed by atoms with Gasteiger partial charge in [-0.05, 0) is 33.1 Å². The summed E-state index contributed by atoms with van der Waals surface area (Å²) in [6.07, 6.45) is 3.82. The molecule has 7 heteroatoms. The van der Waals surface area contributed by atoms with Crippen LogP contribution < -0.4 is 10.6 Å². The molecule has 2 fully saturated rings. The number of hydrogen-bond donors (Lipinski definition) is 3. The molecular weight excluding hydrogens is 336 g/mol. The Labute approximate surface area is 156 Å². The van der Waals surface area contributed by atoms with Crippen molar-refractivity contribution in [2.75, 3.05) is 13.2 Å². The normalized spacial score (nSPS) is 26.7. The van der Waals surface area contributed by atoms with Gasteiger partial charge < -0.3 is 25.2 Å². The van der Waals surface area contributed by atoms with Crippen LogP contribution in [0.4, 0.5) is 0 Å². The minimum Gasteiger partial charge on any atom is -0.383 e. The molecule has 2 amide bonds. The zero-order chi connectivity index (χ0) is 19.4. The maximum absolute atomic E-state index is 12.5. The van der Waals surface area contributed by atoms with E-state index >= 15 is 0 Å².